The molecule has 4 aliphatic rings. The monoisotopic (exact) mass is 557 g/mol. The van der Waals surface area contributed by atoms with Crippen molar-refractivity contribution in [2.24, 2.45) is 28.6 Å². The minimum absolute atomic E-state index is 0.0981. The number of rotatable bonds is 4. The second kappa shape index (κ2) is 10.2. The molecule has 0 aliphatic heterocycles. The van der Waals surface area contributed by atoms with E-state index in [0.29, 0.717) is 11.8 Å². The third-order valence-electron chi connectivity index (χ3n) is 11.3. The summed E-state index contributed by atoms with van der Waals surface area (Å²) in [5.41, 5.74) is -0.845. The van der Waals surface area contributed by atoms with Crippen LogP contribution in [0.3, 0.4) is 0 Å². The molecule has 0 bridgehead atoms. The van der Waals surface area contributed by atoms with Gasteiger partial charge < -0.3 is 24.3 Å². The lowest BCUT2D eigenvalue weighted by atomic mass is 9.43. The summed E-state index contributed by atoms with van der Waals surface area (Å²) in [7, 11) is 0. The van der Waals surface area contributed by atoms with Crippen LogP contribution in [-0.4, -0.2) is 40.5 Å². The first-order valence-corrected chi connectivity index (χ1v) is 15.2. The Morgan fingerprint density at radius 2 is 1.80 bits per heavy atom. The summed E-state index contributed by atoms with van der Waals surface area (Å²) < 4.78 is 16.4. The Morgan fingerprint density at radius 1 is 1.05 bits per heavy atom. The number of carbonyl (C=O) groups is 2. The zero-order valence-corrected chi connectivity index (χ0v) is 25.0. The highest BCUT2D eigenvalue weighted by Crippen LogP contribution is 2.70. The van der Waals surface area contributed by atoms with E-state index in [1.54, 1.807) is 34.0 Å². The highest BCUT2D eigenvalue weighted by Gasteiger charge is 2.67. The number of amides is 1. The average Bonchev–Trinajstić information content (AvgIpc) is 3.14. The molecule has 8 nitrogen and oxygen atoms in total. The van der Waals surface area contributed by atoms with Crippen LogP contribution in [0.1, 0.15) is 111 Å². The maximum Gasteiger partial charge on any atom is 0.408 e. The van der Waals surface area contributed by atoms with Crippen molar-refractivity contribution in [1.82, 2.24) is 5.32 Å². The van der Waals surface area contributed by atoms with Gasteiger partial charge in [0.2, 0.25) is 0 Å². The second-order valence-electron chi connectivity index (χ2n) is 14.6. The summed E-state index contributed by atoms with van der Waals surface area (Å²) >= 11 is 0. The van der Waals surface area contributed by atoms with E-state index >= 15 is 0 Å². The number of alkyl carbamates (subject to hydrolysis) is 1. The summed E-state index contributed by atoms with van der Waals surface area (Å²) in [6.07, 6.45) is 9.08. The summed E-state index contributed by atoms with van der Waals surface area (Å²) in [6.45, 7) is 11.6. The predicted octanol–water partition coefficient (Wildman–Crippen LogP) is 5.71. The van der Waals surface area contributed by atoms with Gasteiger partial charge >= 0.3 is 17.7 Å². The molecule has 40 heavy (non-hydrogen) atoms. The normalized spacial score (nSPS) is 39.7. The first-order valence-electron chi connectivity index (χ1n) is 15.2. The van der Waals surface area contributed by atoms with Crippen molar-refractivity contribution in [2.45, 2.75) is 129 Å². The Kier molecular flexibility index (Phi) is 7.42. The number of aliphatic hydroxyl groups is 1. The number of hydrogen-bond donors (Lipinski definition) is 2. The van der Waals surface area contributed by atoms with Gasteiger partial charge in [-0.05, 0) is 126 Å². The van der Waals surface area contributed by atoms with Crippen LogP contribution in [0.2, 0.25) is 0 Å². The van der Waals surface area contributed by atoms with Crippen molar-refractivity contribution in [3.63, 3.8) is 0 Å². The number of nitrogens with one attached hydrogen (secondary N) is 1. The molecule has 1 amide bonds. The van der Waals surface area contributed by atoms with E-state index < -0.39 is 29.3 Å². The smallest absolute Gasteiger partial charge is 0.408 e. The van der Waals surface area contributed by atoms with Gasteiger partial charge in [-0.25, -0.2) is 14.4 Å². The minimum Gasteiger partial charge on any atom is -0.461 e. The molecule has 1 heterocycles. The second-order valence-corrected chi connectivity index (χ2v) is 14.6. The van der Waals surface area contributed by atoms with Gasteiger partial charge in [-0.3, -0.25) is 0 Å². The lowest BCUT2D eigenvalue weighted by Gasteiger charge is -2.63. The van der Waals surface area contributed by atoms with Crippen molar-refractivity contribution in [2.75, 3.05) is 0 Å². The molecule has 4 aliphatic carbocycles. The molecule has 1 aromatic rings. The van der Waals surface area contributed by atoms with Crippen LogP contribution in [0, 0.1) is 28.6 Å². The number of hydrogen-bond acceptors (Lipinski definition) is 7. The van der Waals surface area contributed by atoms with E-state index in [1.165, 1.54) is 6.07 Å². The zero-order chi connectivity index (χ0) is 29.1. The third kappa shape index (κ3) is 4.99. The van der Waals surface area contributed by atoms with Crippen LogP contribution in [0.15, 0.2) is 27.6 Å². The number of carbonyl (C=O) groups excluding carboxylic acids is 2. The minimum atomic E-state index is -0.780. The van der Waals surface area contributed by atoms with Gasteiger partial charge in [0.15, 0.2) is 0 Å². The van der Waals surface area contributed by atoms with E-state index in [1.807, 2.05) is 6.07 Å². The molecule has 222 valence electrons. The largest absolute Gasteiger partial charge is 0.461 e. The Hall–Kier alpha value is -2.35. The number of esters is 1. The molecule has 9 unspecified atom stereocenters. The Morgan fingerprint density at radius 3 is 2.48 bits per heavy atom. The molecule has 4 fully saturated rings. The molecule has 8 heteroatoms. The molecule has 2 N–H and O–H groups in total. The van der Waals surface area contributed by atoms with E-state index in [0.717, 1.165) is 63.4 Å². The molecule has 1 aromatic heterocycles. The molecule has 0 radical (unpaired) electrons. The number of fused-ring (bicyclic) bond motifs is 5. The van der Waals surface area contributed by atoms with Crippen LogP contribution >= 0.6 is 0 Å². The highest BCUT2D eigenvalue weighted by molar-refractivity contribution is 5.81. The van der Waals surface area contributed by atoms with Crippen LogP contribution < -0.4 is 10.9 Å². The van der Waals surface area contributed by atoms with Crippen molar-refractivity contribution in [3.05, 3.63) is 34.4 Å². The molecule has 9 atom stereocenters. The van der Waals surface area contributed by atoms with E-state index in [2.05, 4.69) is 19.2 Å². The van der Waals surface area contributed by atoms with E-state index in [9.17, 15) is 19.5 Å². The summed E-state index contributed by atoms with van der Waals surface area (Å²) in [5, 5.41) is 15.0. The van der Waals surface area contributed by atoms with Crippen molar-refractivity contribution in [3.8, 4) is 0 Å². The van der Waals surface area contributed by atoms with Crippen molar-refractivity contribution >= 4 is 12.1 Å². The molecule has 0 aromatic carbocycles. The Bertz CT molecular complexity index is 1170. The molecular formula is C32H47NO7. The Balaban J connectivity index is 1.24. The van der Waals surface area contributed by atoms with Crippen LogP contribution in [0.4, 0.5) is 4.79 Å². The quantitative estimate of drug-likeness (QED) is 0.456. The molecule has 0 saturated heterocycles. The van der Waals surface area contributed by atoms with Crippen molar-refractivity contribution in [1.29, 1.82) is 0 Å². The zero-order valence-electron chi connectivity index (χ0n) is 25.0. The van der Waals surface area contributed by atoms with Gasteiger partial charge in [-0.1, -0.05) is 13.8 Å². The van der Waals surface area contributed by atoms with Gasteiger partial charge in [-0.15, -0.1) is 0 Å². The molecular weight excluding hydrogens is 510 g/mol. The topological polar surface area (TPSA) is 115 Å². The highest BCUT2D eigenvalue weighted by atomic mass is 16.6. The van der Waals surface area contributed by atoms with Gasteiger partial charge in [-0.2, -0.15) is 0 Å². The molecule has 5 rings (SSSR count). The van der Waals surface area contributed by atoms with Gasteiger partial charge in [0.25, 0.3) is 0 Å². The summed E-state index contributed by atoms with van der Waals surface area (Å²) in [4.78, 5) is 36.4. The van der Waals surface area contributed by atoms with E-state index in [-0.39, 0.29) is 34.4 Å². The SMILES string of the molecule is CC(NC(=O)OC(C)(C)C)C(=O)OC1CCC2(C)C(CCC3C2CCC2(C)C(c4ccc(=O)oc4)CCC32O)C1. The fraction of sp³-hybridized carbons (Fsp3) is 0.781. The summed E-state index contributed by atoms with van der Waals surface area (Å²) in [6, 6.07) is 2.59. The number of ether oxygens (including phenoxy) is 2. The fourth-order valence-electron chi connectivity index (χ4n) is 9.20. The van der Waals surface area contributed by atoms with Gasteiger partial charge in [0.05, 0.1) is 11.9 Å². The lowest BCUT2D eigenvalue weighted by Crippen LogP contribution is -2.62. The first-order chi connectivity index (χ1) is 18.7. The Labute approximate surface area is 237 Å². The van der Waals surface area contributed by atoms with Crippen LogP contribution in [0.5, 0.6) is 0 Å². The lowest BCUT2D eigenvalue weighted by molar-refractivity contribution is -0.207. The maximum atomic E-state index is 12.8. The first kappa shape index (κ1) is 29.2. The predicted molar refractivity (Wildman–Crippen MR) is 150 cm³/mol. The van der Waals surface area contributed by atoms with Crippen molar-refractivity contribution < 1.29 is 28.6 Å². The standard InChI is InChI=1S/C32H47NO7/c1-19(33-28(36)40-29(2,3)4)27(35)39-22-11-14-30(5)21(17-22)8-9-25-24(30)12-15-31(6)23(13-16-32(25,31)37)20-7-10-26(34)38-18-20/h7,10,18-19,21-25,37H,8-9,11-17H2,1-6H3,(H,33,36). The third-order valence-corrected chi connectivity index (χ3v) is 11.3. The maximum absolute atomic E-state index is 12.8. The fourth-order valence-corrected chi connectivity index (χ4v) is 9.20. The van der Waals surface area contributed by atoms with Crippen LogP contribution in [0.25, 0.3) is 0 Å². The van der Waals surface area contributed by atoms with Gasteiger partial charge in [0, 0.05) is 11.5 Å². The average molecular weight is 558 g/mol. The van der Waals surface area contributed by atoms with Gasteiger partial charge in [0.1, 0.15) is 17.7 Å². The van der Waals surface area contributed by atoms with Crippen LogP contribution in [-0.2, 0) is 14.3 Å². The molecule has 4 saturated carbocycles. The van der Waals surface area contributed by atoms with E-state index in [4.69, 9.17) is 13.9 Å². The summed E-state index contributed by atoms with van der Waals surface area (Å²) in [5.74, 6) is 0.860. The molecule has 0 spiro atoms.